The first-order valence-corrected chi connectivity index (χ1v) is 8.70. The van der Waals surface area contributed by atoms with E-state index in [-0.39, 0.29) is 23.6 Å². The monoisotopic (exact) mass is 316 g/mol. The Morgan fingerprint density at radius 3 is 2.87 bits per heavy atom. The number of ether oxygens (including phenoxy) is 2. The molecule has 0 amide bonds. The molecule has 0 saturated carbocycles. The summed E-state index contributed by atoms with van der Waals surface area (Å²) in [6, 6.07) is 5.38. The summed E-state index contributed by atoms with van der Waals surface area (Å²) >= 11 is 0. The standard InChI is InChI=1S/C20H28O3/c1-13(2)6-5-11-20(4)17-9-7-14(3)22-19(17)16-12-15(21)8-10-18(16)23-20/h6,8,10,12,14,17,19,21H,5,7,9,11H2,1-4H3/t14-,17-,19+,20+/m1/s1. The third-order valence-electron chi connectivity index (χ3n) is 5.25. The van der Waals surface area contributed by atoms with Crippen molar-refractivity contribution < 1.29 is 14.6 Å². The number of rotatable bonds is 3. The van der Waals surface area contributed by atoms with Gasteiger partial charge in [-0.05, 0) is 71.6 Å². The predicted octanol–water partition coefficient (Wildman–Crippen LogP) is 5.15. The lowest BCUT2D eigenvalue weighted by Crippen LogP contribution is -2.50. The van der Waals surface area contributed by atoms with Gasteiger partial charge in [0, 0.05) is 11.5 Å². The maximum absolute atomic E-state index is 9.86. The van der Waals surface area contributed by atoms with Crippen LogP contribution in [0.25, 0.3) is 0 Å². The van der Waals surface area contributed by atoms with E-state index in [1.165, 1.54) is 5.57 Å². The summed E-state index contributed by atoms with van der Waals surface area (Å²) in [7, 11) is 0. The van der Waals surface area contributed by atoms with Crippen LogP contribution >= 0.6 is 0 Å². The van der Waals surface area contributed by atoms with Crippen molar-refractivity contribution in [2.24, 2.45) is 5.92 Å². The highest BCUT2D eigenvalue weighted by atomic mass is 16.5. The molecule has 4 atom stereocenters. The van der Waals surface area contributed by atoms with E-state index in [0.29, 0.717) is 5.92 Å². The molecule has 0 unspecified atom stereocenters. The van der Waals surface area contributed by atoms with Crippen molar-refractivity contribution in [2.75, 3.05) is 0 Å². The van der Waals surface area contributed by atoms with Crippen LogP contribution in [0.15, 0.2) is 29.8 Å². The van der Waals surface area contributed by atoms with Gasteiger partial charge in [-0.1, -0.05) is 11.6 Å². The van der Waals surface area contributed by atoms with Gasteiger partial charge in [0.1, 0.15) is 17.1 Å². The van der Waals surface area contributed by atoms with E-state index in [4.69, 9.17) is 9.47 Å². The minimum absolute atomic E-state index is 0.0197. The molecule has 3 nitrogen and oxygen atoms in total. The minimum atomic E-state index is -0.221. The van der Waals surface area contributed by atoms with Gasteiger partial charge in [0.15, 0.2) is 0 Å². The molecule has 2 aliphatic rings. The topological polar surface area (TPSA) is 38.7 Å². The molecular formula is C20H28O3. The van der Waals surface area contributed by atoms with Gasteiger partial charge in [-0.3, -0.25) is 0 Å². The summed E-state index contributed by atoms with van der Waals surface area (Å²) in [6.07, 6.45) is 6.73. The quantitative estimate of drug-likeness (QED) is 0.784. The lowest BCUT2D eigenvalue weighted by Gasteiger charge is -2.50. The van der Waals surface area contributed by atoms with Gasteiger partial charge in [-0.2, -0.15) is 0 Å². The highest BCUT2D eigenvalue weighted by Crippen LogP contribution is 2.52. The number of aromatic hydroxyl groups is 1. The van der Waals surface area contributed by atoms with E-state index in [9.17, 15) is 5.11 Å². The van der Waals surface area contributed by atoms with Crippen LogP contribution in [0.3, 0.4) is 0 Å². The summed E-state index contributed by atoms with van der Waals surface area (Å²) in [5, 5.41) is 9.86. The van der Waals surface area contributed by atoms with Crippen molar-refractivity contribution in [3.63, 3.8) is 0 Å². The molecule has 1 N–H and O–H groups in total. The second kappa shape index (κ2) is 6.20. The SMILES string of the molecule is CC(C)=CCC[C@]1(C)Oc2ccc(O)cc2[C@@H]2O[C@H](C)CC[C@H]21. The minimum Gasteiger partial charge on any atom is -0.508 e. The van der Waals surface area contributed by atoms with Gasteiger partial charge in [0.2, 0.25) is 0 Å². The van der Waals surface area contributed by atoms with Gasteiger partial charge in [0.05, 0.1) is 12.2 Å². The number of fused-ring (bicyclic) bond motifs is 3. The summed E-state index contributed by atoms with van der Waals surface area (Å²) < 4.78 is 12.7. The summed E-state index contributed by atoms with van der Waals surface area (Å²) in [5.41, 5.74) is 2.13. The van der Waals surface area contributed by atoms with Gasteiger partial charge >= 0.3 is 0 Å². The van der Waals surface area contributed by atoms with Gasteiger partial charge in [0.25, 0.3) is 0 Å². The van der Waals surface area contributed by atoms with Crippen molar-refractivity contribution in [1.82, 2.24) is 0 Å². The second-order valence-electron chi connectivity index (χ2n) is 7.51. The zero-order valence-electron chi connectivity index (χ0n) is 14.6. The number of hydrogen-bond donors (Lipinski definition) is 1. The van der Waals surface area contributed by atoms with E-state index < -0.39 is 0 Å². The summed E-state index contributed by atoms with van der Waals surface area (Å²) in [4.78, 5) is 0. The number of phenolic OH excluding ortho intramolecular Hbond substituents is 1. The van der Waals surface area contributed by atoms with E-state index in [1.807, 2.05) is 6.07 Å². The molecule has 1 fully saturated rings. The van der Waals surface area contributed by atoms with Crippen LogP contribution in [0.4, 0.5) is 0 Å². The van der Waals surface area contributed by atoms with Crippen LogP contribution in [-0.2, 0) is 4.74 Å². The van der Waals surface area contributed by atoms with Crippen molar-refractivity contribution in [3.8, 4) is 11.5 Å². The highest BCUT2D eigenvalue weighted by Gasteiger charge is 2.49. The van der Waals surface area contributed by atoms with Gasteiger partial charge in [-0.15, -0.1) is 0 Å². The van der Waals surface area contributed by atoms with Crippen molar-refractivity contribution in [2.45, 2.75) is 71.2 Å². The average Bonchev–Trinajstić information content (AvgIpc) is 2.48. The molecule has 3 rings (SSSR count). The molecule has 2 heterocycles. The molecule has 3 heteroatoms. The first-order valence-electron chi connectivity index (χ1n) is 8.70. The molecule has 0 spiro atoms. The van der Waals surface area contributed by atoms with Crippen LogP contribution in [0, 0.1) is 5.92 Å². The Hall–Kier alpha value is -1.48. The van der Waals surface area contributed by atoms with Crippen LogP contribution in [-0.4, -0.2) is 16.8 Å². The highest BCUT2D eigenvalue weighted by molar-refractivity contribution is 5.44. The maximum Gasteiger partial charge on any atom is 0.126 e. The molecule has 1 aromatic rings. The lowest BCUT2D eigenvalue weighted by molar-refractivity contribution is -0.152. The lowest BCUT2D eigenvalue weighted by atomic mass is 9.72. The molecule has 126 valence electrons. The Balaban J connectivity index is 1.93. The Bertz CT molecular complexity index is 603. The molecule has 0 aromatic heterocycles. The molecule has 1 saturated heterocycles. The fraction of sp³-hybridized carbons (Fsp3) is 0.600. The average molecular weight is 316 g/mol. The predicted molar refractivity (Wildman–Crippen MR) is 91.8 cm³/mol. The maximum atomic E-state index is 9.86. The first kappa shape index (κ1) is 16.4. The molecule has 0 aliphatic carbocycles. The number of hydrogen-bond acceptors (Lipinski definition) is 3. The molecule has 0 radical (unpaired) electrons. The van der Waals surface area contributed by atoms with E-state index in [1.54, 1.807) is 12.1 Å². The van der Waals surface area contributed by atoms with Crippen LogP contribution in [0.2, 0.25) is 0 Å². The number of benzene rings is 1. The van der Waals surface area contributed by atoms with Crippen LogP contribution in [0.5, 0.6) is 11.5 Å². The zero-order chi connectivity index (χ0) is 16.6. The molecular weight excluding hydrogens is 288 g/mol. The molecule has 2 aliphatic heterocycles. The van der Waals surface area contributed by atoms with E-state index in [2.05, 4.69) is 33.8 Å². The summed E-state index contributed by atoms with van der Waals surface area (Å²) in [6.45, 7) is 8.63. The van der Waals surface area contributed by atoms with Crippen LogP contribution < -0.4 is 4.74 Å². The number of allylic oxidation sites excluding steroid dienone is 2. The van der Waals surface area contributed by atoms with Crippen molar-refractivity contribution in [3.05, 3.63) is 35.4 Å². The Morgan fingerprint density at radius 1 is 1.35 bits per heavy atom. The van der Waals surface area contributed by atoms with E-state index >= 15 is 0 Å². The molecule has 23 heavy (non-hydrogen) atoms. The smallest absolute Gasteiger partial charge is 0.126 e. The number of phenols is 1. The van der Waals surface area contributed by atoms with E-state index in [0.717, 1.165) is 37.0 Å². The zero-order valence-corrected chi connectivity index (χ0v) is 14.6. The molecule has 0 bridgehead atoms. The second-order valence-corrected chi connectivity index (χ2v) is 7.51. The third-order valence-corrected chi connectivity index (χ3v) is 5.25. The van der Waals surface area contributed by atoms with Crippen molar-refractivity contribution in [1.29, 1.82) is 0 Å². The van der Waals surface area contributed by atoms with Gasteiger partial charge < -0.3 is 14.6 Å². The normalized spacial score (nSPS) is 32.4. The largest absolute Gasteiger partial charge is 0.508 e. The third kappa shape index (κ3) is 3.25. The summed E-state index contributed by atoms with van der Waals surface area (Å²) in [5.74, 6) is 1.47. The Labute approximate surface area is 139 Å². The fourth-order valence-corrected chi connectivity index (χ4v) is 3.96. The van der Waals surface area contributed by atoms with Crippen LogP contribution in [0.1, 0.15) is 65.0 Å². The molecule has 1 aromatic carbocycles. The first-order chi connectivity index (χ1) is 10.9. The Morgan fingerprint density at radius 2 is 2.13 bits per heavy atom. The Kier molecular flexibility index (Phi) is 4.41. The fourth-order valence-electron chi connectivity index (χ4n) is 3.96. The van der Waals surface area contributed by atoms with Gasteiger partial charge in [-0.25, -0.2) is 0 Å². The van der Waals surface area contributed by atoms with Crippen molar-refractivity contribution >= 4 is 0 Å².